The molecule has 2 saturated heterocycles. The maximum absolute atomic E-state index is 10.6. The SMILES string of the molecule is Cc1csc(CN2C[C@@H]3C[C@@H](Cc4nc(C)no4)O[C@@H]3C2)n1.O=C(O)C(F)(F)F. The van der Waals surface area contributed by atoms with Crippen molar-refractivity contribution in [1.82, 2.24) is 20.0 Å². The molecule has 3 atom stereocenters. The number of aromatic nitrogens is 3. The van der Waals surface area contributed by atoms with E-state index in [0.29, 0.717) is 23.7 Å². The summed E-state index contributed by atoms with van der Waals surface area (Å²) in [5.41, 5.74) is 1.12. The number of hydrogen-bond donors (Lipinski definition) is 1. The average molecular weight is 434 g/mol. The van der Waals surface area contributed by atoms with Crippen LogP contribution in [0.1, 0.15) is 28.8 Å². The highest BCUT2D eigenvalue weighted by atomic mass is 32.1. The molecule has 8 nitrogen and oxygen atoms in total. The molecule has 0 amide bonds. The summed E-state index contributed by atoms with van der Waals surface area (Å²) in [6.07, 6.45) is -2.70. The minimum Gasteiger partial charge on any atom is -0.475 e. The molecule has 0 radical (unpaired) electrons. The van der Waals surface area contributed by atoms with Gasteiger partial charge in [0.2, 0.25) is 5.89 Å². The zero-order valence-corrected chi connectivity index (χ0v) is 16.7. The molecule has 12 heteroatoms. The lowest BCUT2D eigenvalue weighted by molar-refractivity contribution is -0.192. The predicted molar refractivity (Wildman–Crippen MR) is 95.3 cm³/mol. The number of ether oxygens (including phenoxy) is 1. The van der Waals surface area contributed by atoms with Gasteiger partial charge in [-0.2, -0.15) is 18.2 Å². The Bertz CT molecular complexity index is 773. The first-order chi connectivity index (χ1) is 13.6. The molecule has 29 heavy (non-hydrogen) atoms. The molecule has 2 fully saturated rings. The van der Waals surface area contributed by atoms with E-state index in [2.05, 4.69) is 25.4 Å². The average Bonchev–Trinajstić information content (AvgIpc) is 3.34. The number of aliphatic carboxylic acids is 1. The number of fused-ring (bicyclic) bond motifs is 1. The van der Waals surface area contributed by atoms with Gasteiger partial charge in [0.1, 0.15) is 5.01 Å². The second-order valence-electron chi connectivity index (χ2n) is 7.11. The van der Waals surface area contributed by atoms with Gasteiger partial charge in [0, 0.05) is 30.1 Å². The molecule has 0 spiro atoms. The minimum absolute atomic E-state index is 0.221. The third-order valence-electron chi connectivity index (χ3n) is 4.63. The summed E-state index contributed by atoms with van der Waals surface area (Å²) in [6, 6.07) is 0. The molecule has 2 aromatic rings. The lowest BCUT2D eigenvalue weighted by atomic mass is 10.0. The number of likely N-dealkylation sites (tertiary alicyclic amines) is 1. The Kier molecular flexibility index (Phi) is 6.54. The van der Waals surface area contributed by atoms with Crippen molar-refractivity contribution in [3.8, 4) is 0 Å². The number of rotatable bonds is 4. The van der Waals surface area contributed by atoms with Crippen molar-refractivity contribution in [2.45, 2.75) is 51.6 Å². The number of hydrogen-bond acceptors (Lipinski definition) is 8. The number of alkyl halides is 3. The molecule has 0 unspecified atom stereocenters. The first-order valence-electron chi connectivity index (χ1n) is 8.98. The predicted octanol–water partition coefficient (Wildman–Crippen LogP) is 2.61. The van der Waals surface area contributed by atoms with E-state index in [1.54, 1.807) is 11.3 Å². The van der Waals surface area contributed by atoms with Crippen LogP contribution in [0.15, 0.2) is 9.90 Å². The highest BCUT2D eigenvalue weighted by Gasteiger charge is 2.42. The number of nitrogens with zero attached hydrogens (tertiary/aromatic N) is 4. The van der Waals surface area contributed by atoms with Gasteiger partial charge in [-0.05, 0) is 20.3 Å². The molecule has 1 N–H and O–H groups in total. The lowest BCUT2D eigenvalue weighted by Crippen LogP contribution is -2.25. The Morgan fingerprint density at radius 2 is 2.07 bits per heavy atom. The lowest BCUT2D eigenvalue weighted by Gasteiger charge is -2.17. The molecular formula is C17H21F3N4O4S. The van der Waals surface area contributed by atoms with E-state index < -0.39 is 12.1 Å². The van der Waals surface area contributed by atoms with Crippen LogP contribution in [0.4, 0.5) is 13.2 Å². The van der Waals surface area contributed by atoms with Gasteiger partial charge in [0.15, 0.2) is 5.82 Å². The van der Waals surface area contributed by atoms with Crippen LogP contribution in [0, 0.1) is 19.8 Å². The number of carboxylic acid groups (broad SMARTS) is 1. The summed E-state index contributed by atoms with van der Waals surface area (Å²) in [6.45, 7) is 6.94. The van der Waals surface area contributed by atoms with Crippen molar-refractivity contribution in [3.63, 3.8) is 0 Å². The van der Waals surface area contributed by atoms with E-state index in [0.717, 1.165) is 38.2 Å². The van der Waals surface area contributed by atoms with Crippen molar-refractivity contribution >= 4 is 17.3 Å². The molecule has 4 heterocycles. The summed E-state index contributed by atoms with van der Waals surface area (Å²) in [4.78, 5) is 20.2. The quantitative estimate of drug-likeness (QED) is 0.784. The molecule has 2 aliphatic heterocycles. The first kappa shape index (κ1) is 21.7. The van der Waals surface area contributed by atoms with Crippen molar-refractivity contribution in [2.75, 3.05) is 13.1 Å². The molecular weight excluding hydrogens is 413 g/mol. The van der Waals surface area contributed by atoms with E-state index >= 15 is 0 Å². The summed E-state index contributed by atoms with van der Waals surface area (Å²) < 4.78 is 43.1. The van der Waals surface area contributed by atoms with Crippen LogP contribution in [0.3, 0.4) is 0 Å². The number of halogens is 3. The van der Waals surface area contributed by atoms with Crippen molar-refractivity contribution < 1.29 is 32.3 Å². The molecule has 2 aliphatic rings. The van der Waals surface area contributed by atoms with Crippen LogP contribution in [-0.2, 0) is 22.5 Å². The monoisotopic (exact) mass is 434 g/mol. The third-order valence-corrected chi connectivity index (χ3v) is 5.58. The Hall–Kier alpha value is -2.05. The second kappa shape index (κ2) is 8.76. The minimum atomic E-state index is -5.08. The zero-order chi connectivity index (χ0) is 21.2. The summed E-state index contributed by atoms with van der Waals surface area (Å²) in [5, 5.41) is 14.3. The summed E-state index contributed by atoms with van der Waals surface area (Å²) in [5.74, 6) is -0.752. The molecule has 0 bridgehead atoms. The van der Waals surface area contributed by atoms with E-state index in [9.17, 15) is 13.2 Å². The largest absolute Gasteiger partial charge is 0.490 e. The van der Waals surface area contributed by atoms with Gasteiger partial charge in [-0.15, -0.1) is 11.3 Å². The molecule has 0 aromatic carbocycles. The van der Waals surface area contributed by atoms with Crippen molar-refractivity contribution in [1.29, 1.82) is 0 Å². The smallest absolute Gasteiger partial charge is 0.475 e. The maximum atomic E-state index is 10.6. The van der Waals surface area contributed by atoms with Gasteiger partial charge in [-0.25, -0.2) is 9.78 Å². The Morgan fingerprint density at radius 3 is 2.59 bits per heavy atom. The fraction of sp³-hybridized carbons (Fsp3) is 0.647. The Balaban J connectivity index is 0.000000298. The van der Waals surface area contributed by atoms with Crippen molar-refractivity contribution in [3.05, 3.63) is 27.8 Å². The van der Waals surface area contributed by atoms with E-state index in [1.165, 1.54) is 5.01 Å². The van der Waals surface area contributed by atoms with Gasteiger partial charge in [0.05, 0.1) is 25.2 Å². The van der Waals surface area contributed by atoms with Crippen LogP contribution in [-0.4, -0.2) is 62.6 Å². The maximum Gasteiger partial charge on any atom is 0.490 e. The Labute approximate surface area is 168 Å². The molecule has 0 aliphatic carbocycles. The fourth-order valence-corrected chi connectivity index (χ4v) is 4.31. The molecule has 0 saturated carbocycles. The van der Waals surface area contributed by atoms with Gasteiger partial charge < -0.3 is 14.4 Å². The number of thiazole rings is 1. The summed E-state index contributed by atoms with van der Waals surface area (Å²) >= 11 is 1.75. The van der Waals surface area contributed by atoms with Crippen LogP contribution in [0.5, 0.6) is 0 Å². The summed E-state index contributed by atoms with van der Waals surface area (Å²) in [7, 11) is 0. The highest BCUT2D eigenvalue weighted by Crippen LogP contribution is 2.35. The fourth-order valence-electron chi connectivity index (χ4n) is 3.49. The van der Waals surface area contributed by atoms with Gasteiger partial charge in [-0.3, -0.25) is 4.90 Å². The normalized spacial score (nSPS) is 24.2. The Morgan fingerprint density at radius 1 is 1.34 bits per heavy atom. The van der Waals surface area contributed by atoms with Crippen LogP contribution in [0.25, 0.3) is 0 Å². The number of carbonyl (C=O) groups is 1. The third kappa shape index (κ3) is 5.97. The first-order valence-corrected chi connectivity index (χ1v) is 9.86. The molecule has 160 valence electrons. The number of carboxylic acids is 1. The van der Waals surface area contributed by atoms with Gasteiger partial charge in [0.25, 0.3) is 0 Å². The highest BCUT2D eigenvalue weighted by molar-refractivity contribution is 7.09. The van der Waals surface area contributed by atoms with Crippen LogP contribution in [0.2, 0.25) is 0 Å². The van der Waals surface area contributed by atoms with Crippen molar-refractivity contribution in [2.24, 2.45) is 5.92 Å². The van der Waals surface area contributed by atoms with E-state index in [4.69, 9.17) is 19.2 Å². The van der Waals surface area contributed by atoms with E-state index in [-0.39, 0.29) is 6.10 Å². The molecule has 2 aromatic heterocycles. The zero-order valence-electron chi connectivity index (χ0n) is 15.8. The van der Waals surface area contributed by atoms with Gasteiger partial charge >= 0.3 is 12.1 Å². The van der Waals surface area contributed by atoms with Gasteiger partial charge in [-0.1, -0.05) is 5.16 Å². The standard InChI is InChI=1S/C15H20N4O2S.C2HF3O2/c1-9-8-22-15(16-9)7-19-5-11-3-12(20-13(11)6-19)4-14-17-10(2)18-21-14;3-2(4,5)1(6)7/h8,11-13H,3-7H2,1-2H3;(H,6,7)/t11-,12-,13+;/m0./s1. The number of aryl methyl sites for hydroxylation is 2. The van der Waals surface area contributed by atoms with Crippen LogP contribution < -0.4 is 0 Å². The van der Waals surface area contributed by atoms with Crippen LogP contribution >= 0.6 is 11.3 Å². The molecule has 4 rings (SSSR count). The topological polar surface area (TPSA) is 102 Å². The second-order valence-corrected chi connectivity index (χ2v) is 8.05. The van der Waals surface area contributed by atoms with E-state index in [1.807, 2.05) is 13.8 Å².